The summed E-state index contributed by atoms with van der Waals surface area (Å²) in [5.41, 5.74) is 5.51. The lowest BCUT2D eigenvalue weighted by Crippen LogP contribution is -2.47. The standard InChI is InChI=1S/C26H34ClN5O2/c1-17-22(28-18(2)24(17)26(34)31-13-11-30(5)12-14-31)16-21-20-15-19(27)7-8-23(20)32(25(21)33)10-6-9-29(3)4/h7-8,15-16,28H,6,9-14H2,1-5H3/b21-16-. The first-order valence-corrected chi connectivity index (χ1v) is 12.2. The van der Waals surface area contributed by atoms with Gasteiger partial charge in [0.25, 0.3) is 11.8 Å². The smallest absolute Gasteiger partial charge is 0.259 e. The lowest BCUT2D eigenvalue weighted by Gasteiger charge is -2.32. The number of halogens is 1. The Hall–Kier alpha value is -2.61. The Morgan fingerprint density at radius 1 is 1.18 bits per heavy atom. The van der Waals surface area contributed by atoms with Gasteiger partial charge in [-0.15, -0.1) is 0 Å². The Balaban J connectivity index is 1.66. The number of hydrogen-bond acceptors (Lipinski definition) is 4. The second-order valence-corrected chi connectivity index (χ2v) is 10.0. The summed E-state index contributed by atoms with van der Waals surface area (Å²) < 4.78 is 0. The Morgan fingerprint density at radius 3 is 2.56 bits per heavy atom. The third-order valence-corrected chi connectivity index (χ3v) is 7.01. The van der Waals surface area contributed by atoms with Crippen LogP contribution >= 0.6 is 11.6 Å². The zero-order valence-corrected chi connectivity index (χ0v) is 21.5. The number of fused-ring (bicyclic) bond motifs is 1. The summed E-state index contributed by atoms with van der Waals surface area (Å²) in [7, 11) is 6.13. The topological polar surface area (TPSA) is 62.9 Å². The van der Waals surface area contributed by atoms with Crippen molar-refractivity contribution in [1.29, 1.82) is 0 Å². The molecule has 0 saturated carbocycles. The molecule has 1 fully saturated rings. The number of H-pyrrole nitrogens is 1. The van der Waals surface area contributed by atoms with E-state index in [2.05, 4.69) is 21.8 Å². The van der Waals surface area contributed by atoms with Gasteiger partial charge >= 0.3 is 0 Å². The number of aromatic amines is 1. The van der Waals surface area contributed by atoms with Crippen molar-refractivity contribution < 1.29 is 9.59 Å². The monoisotopic (exact) mass is 483 g/mol. The molecule has 0 radical (unpaired) electrons. The minimum Gasteiger partial charge on any atom is -0.358 e. The van der Waals surface area contributed by atoms with Crippen LogP contribution in [0.1, 0.15) is 39.3 Å². The molecule has 2 aliphatic rings. The molecule has 182 valence electrons. The van der Waals surface area contributed by atoms with Crippen LogP contribution in [-0.2, 0) is 4.79 Å². The van der Waals surface area contributed by atoms with Crippen LogP contribution in [0.15, 0.2) is 18.2 Å². The molecule has 0 aliphatic carbocycles. The minimum absolute atomic E-state index is 0.0328. The predicted molar refractivity (Wildman–Crippen MR) is 139 cm³/mol. The fourth-order valence-corrected chi connectivity index (χ4v) is 4.96. The van der Waals surface area contributed by atoms with Crippen LogP contribution in [-0.4, -0.2) is 91.9 Å². The molecule has 1 aromatic carbocycles. The fraction of sp³-hybridized carbons (Fsp3) is 0.462. The molecule has 1 saturated heterocycles. The fourth-order valence-electron chi connectivity index (χ4n) is 4.79. The van der Waals surface area contributed by atoms with Crippen LogP contribution in [0.2, 0.25) is 5.02 Å². The van der Waals surface area contributed by atoms with Crippen LogP contribution in [0.4, 0.5) is 5.69 Å². The highest BCUT2D eigenvalue weighted by molar-refractivity contribution is 6.37. The van der Waals surface area contributed by atoms with Crippen molar-refractivity contribution in [2.45, 2.75) is 20.3 Å². The Kier molecular flexibility index (Phi) is 7.17. The number of carbonyl (C=O) groups is 2. The molecule has 2 aliphatic heterocycles. The van der Waals surface area contributed by atoms with E-state index in [-0.39, 0.29) is 11.8 Å². The molecule has 0 bridgehead atoms. The van der Waals surface area contributed by atoms with E-state index in [1.165, 1.54) is 0 Å². The predicted octanol–water partition coefficient (Wildman–Crippen LogP) is 3.51. The zero-order valence-electron chi connectivity index (χ0n) is 20.7. The van der Waals surface area contributed by atoms with Crippen LogP contribution < -0.4 is 4.90 Å². The molecule has 0 unspecified atom stereocenters. The third kappa shape index (κ3) is 4.78. The summed E-state index contributed by atoms with van der Waals surface area (Å²) in [6, 6.07) is 5.60. The molecule has 0 atom stereocenters. The average molecular weight is 484 g/mol. The number of hydrogen-bond donors (Lipinski definition) is 1. The number of carbonyl (C=O) groups excluding carboxylic acids is 2. The van der Waals surface area contributed by atoms with E-state index in [1.807, 2.05) is 62.0 Å². The molecule has 2 amide bonds. The van der Waals surface area contributed by atoms with E-state index < -0.39 is 0 Å². The van der Waals surface area contributed by atoms with Gasteiger partial charge in [0.05, 0.1) is 16.8 Å². The van der Waals surface area contributed by atoms with E-state index in [1.54, 1.807) is 0 Å². The number of amides is 2. The number of piperazine rings is 1. The lowest BCUT2D eigenvalue weighted by molar-refractivity contribution is -0.113. The molecule has 8 heteroatoms. The SMILES string of the molecule is Cc1[nH]c(/C=C2\C(=O)N(CCCN(C)C)c3ccc(Cl)cc32)c(C)c1C(=O)N1CCN(C)CC1. The van der Waals surface area contributed by atoms with Crippen LogP contribution in [0, 0.1) is 13.8 Å². The molecular formula is C26H34ClN5O2. The van der Waals surface area contributed by atoms with Gasteiger partial charge in [0.1, 0.15) is 0 Å². The average Bonchev–Trinajstić information content (AvgIpc) is 3.21. The van der Waals surface area contributed by atoms with E-state index >= 15 is 0 Å². The molecule has 3 heterocycles. The number of aromatic nitrogens is 1. The van der Waals surface area contributed by atoms with Gasteiger partial charge in [0.15, 0.2) is 0 Å². The van der Waals surface area contributed by atoms with E-state index in [0.29, 0.717) is 22.7 Å². The van der Waals surface area contributed by atoms with Crippen molar-refractivity contribution in [1.82, 2.24) is 19.7 Å². The Morgan fingerprint density at radius 2 is 1.88 bits per heavy atom. The molecule has 0 spiro atoms. The summed E-state index contributed by atoms with van der Waals surface area (Å²) >= 11 is 6.31. The highest BCUT2D eigenvalue weighted by atomic mass is 35.5. The van der Waals surface area contributed by atoms with Gasteiger partial charge in [-0.1, -0.05) is 11.6 Å². The van der Waals surface area contributed by atoms with Crippen molar-refractivity contribution in [3.63, 3.8) is 0 Å². The van der Waals surface area contributed by atoms with Gasteiger partial charge in [-0.3, -0.25) is 9.59 Å². The van der Waals surface area contributed by atoms with E-state index in [9.17, 15) is 9.59 Å². The number of nitrogens with one attached hydrogen (secondary N) is 1. The van der Waals surface area contributed by atoms with Gasteiger partial charge < -0.3 is 24.6 Å². The van der Waals surface area contributed by atoms with Gasteiger partial charge in [-0.25, -0.2) is 0 Å². The summed E-state index contributed by atoms with van der Waals surface area (Å²) in [6.07, 6.45) is 2.75. The van der Waals surface area contributed by atoms with E-state index in [4.69, 9.17) is 11.6 Å². The first kappa shape index (κ1) is 24.5. The lowest BCUT2D eigenvalue weighted by atomic mass is 10.0. The number of anilines is 1. The molecule has 7 nitrogen and oxygen atoms in total. The second-order valence-electron chi connectivity index (χ2n) is 9.59. The van der Waals surface area contributed by atoms with Gasteiger partial charge in [0.2, 0.25) is 0 Å². The summed E-state index contributed by atoms with van der Waals surface area (Å²) in [4.78, 5) is 38.2. The first-order valence-electron chi connectivity index (χ1n) is 11.8. The third-order valence-electron chi connectivity index (χ3n) is 6.77. The maximum Gasteiger partial charge on any atom is 0.259 e. The van der Waals surface area contributed by atoms with E-state index in [0.717, 1.165) is 67.3 Å². The molecule has 1 N–H and O–H groups in total. The molecule has 34 heavy (non-hydrogen) atoms. The molecule has 2 aromatic rings. The maximum atomic E-state index is 13.5. The normalized spacial score (nSPS) is 17.9. The van der Waals surface area contributed by atoms with Crippen LogP contribution in [0.25, 0.3) is 11.6 Å². The molecule has 1 aromatic heterocycles. The summed E-state index contributed by atoms with van der Waals surface area (Å²) in [5, 5.41) is 0.595. The van der Waals surface area contributed by atoms with Crippen LogP contribution in [0.3, 0.4) is 0 Å². The number of likely N-dealkylation sites (N-methyl/N-ethyl adjacent to an activating group) is 1. The van der Waals surface area contributed by atoms with Crippen molar-refractivity contribution in [3.8, 4) is 0 Å². The highest BCUT2D eigenvalue weighted by Gasteiger charge is 2.33. The first-order chi connectivity index (χ1) is 16.2. The summed E-state index contributed by atoms with van der Waals surface area (Å²) in [5.74, 6) is 0.0186. The van der Waals surface area contributed by atoms with Crippen molar-refractivity contribution in [3.05, 3.63) is 51.3 Å². The van der Waals surface area contributed by atoms with Gasteiger partial charge in [0, 0.05) is 54.7 Å². The maximum absolute atomic E-state index is 13.5. The van der Waals surface area contributed by atoms with Crippen molar-refractivity contribution in [2.75, 3.05) is 65.3 Å². The number of rotatable bonds is 6. The Bertz CT molecular complexity index is 1130. The summed E-state index contributed by atoms with van der Waals surface area (Å²) in [6.45, 7) is 8.61. The van der Waals surface area contributed by atoms with Gasteiger partial charge in [-0.05, 0) is 77.8 Å². The number of benzene rings is 1. The largest absolute Gasteiger partial charge is 0.358 e. The Labute approximate surface area is 207 Å². The number of aryl methyl sites for hydroxylation is 1. The van der Waals surface area contributed by atoms with Crippen LogP contribution in [0.5, 0.6) is 0 Å². The minimum atomic E-state index is -0.0328. The highest BCUT2D eigenvalue weighted by Crippen LogP contribution is 2.40. The van der Waals surface area contributed by atoms with Gasteiger partial charge in [-0.2, -0.15) is 0 Å². The number of nitrogens with zero attached hydrogens (tertiary/aromatic N) is 4. The zero-order chi connectivity index (χ0) is 24.6. The molecular weight excluding hydrogens is 450 g/mol. The quantitative estimate of drug-likeness (QED) is 0.639. The second kappa shape index (κ2) is 9.94. The van der Waals surface area contributed by atoms with Crippen molar-refractivity contribution >= 4 is 40.8 Å². The molecule has 4 rings (SSSR count). The van der Waals surface area contributed by atoms with Crippen molar-refractivity contribution in [2.24, 2.45) is 0 Å².